The van der Waals surface area contributed by atoms with Crippen LogP contribution in [0.5, 0.6) is 10.8 Å². The largest absolute Gasteiger partial charge is 0.442 e. The van der Waals surface area contributed by atoms with Crippen molar-refractivity contribution < 1.29 is 4.74 Å². The van der Waals surface area contributed by atoms with Crippen LogP contribution in [0.3, 0.4) is 0 Å². The van der Waals surface area contributed by atoms with Crippen molar-refractivity contribution in [2.24, 2.45) is 0 Å². The fourth-order valence-electron chi connectivity index (χ4n) is 1.21. The Morgan fingerprint density at radius 1 is 1.53 bits per heavy atom. The molecular weight excluding hydrogens is 324 g/mol. The standard InChI is InChI=1S/C11H6BrClN2OS/c1-6-2-3-9(8(12)4-6)16-11-7(5-14)10(13)15-17-11/h2-4H,1H3. The lowest BCUT2D eigenvalue weighted by Gasteiger charge is -2.05. The lowest BCUT2D eigenvalue weighted by Crippen LogP contribution is -1.86. The third-order valence-corrected chi connectivity index (χ3v) is 3.74. The number of aromatic nitrogens is 1. The maximum atomic E-state index is 8.92. The summed E-state index contributed by atoms with van der Waals surface area (Å²) in [6, 6.07) is 7.66. The van der Waals surface area contributed by atoms with Gasteiger partial charge in [0.2, 0.25) is 5.06 Å². The molecule has 0 aliphatic heterocycles. The van der Waals surface area contributed by atoms with Crippen LogP contribution in [0.4, 0.5) is 0 Å². The van der Waals surface area contributed by atoms with Crippen molar-refractivity contribution >= 4 is 39.1 Å². The van der Waals surface area contributed by atoms with Crippen molar-refractivity contribution in [2.75, 3.05) is 0 Å². The Labute approximate surface area is 116 Å². The van der Waals surface area contributed by atoms with Crippen molar-refractivity contribution in [2.45, 2.75) is 6.92 Å². The fourth-order valence-corrected chi connectivity index (χ4v) is 2.68. The van der Waals surface area contributed by atoms with Crippen molar-refractivity contribution in [3.63, 3.8) is 0 Å². The number of hydrogen-bond donors (Lipinski definition) is 0. The van der Waals surface area contributed by atoms with Crippen molar-refractivity contribution in [1.29, 1.82) is 5.26 Å². The zero-order chi connectivity index (χ0) is 12.4. The van der Waals surface area contributed by atoms with E-state index in [-0.39, 0.29) is 10.7 Å². The van der Waals surface area contributed by atoms with Gasteiger partial charge in [-0.25, -0.2) is 0 Å². The summed E-state index contributed by atoms with van der Waals surface area (Å²) in [5.41, 5.74) is 1.39. The molecule has 0 unspecified atom stereocenters. The maximum absolute atomic E-state index is 8.92. The van der Waals surface area contributed by atoms with Gasteiger partial charge in [0.15, 0.2) is 5.15 Å². The molecule has 0 saturated carbocycles. The highest BCUT2D eigenvalue weighted by atomic mass is 79.9. The summed E-state index contributed by atoms with van der Waals surface area (Å²) in [6.45, 7) is 1.98. The zero-order valence-electron chi connectivity index (χ0n) is 8.70. The van der Waals surface area contributed by atoms with Gasteiger partial charge in [0.05, 0.1) is 4.47 Å². The number of hydrogen-bond acceptors (Lipinski definition) is 4. The van der Waals surface area contributed by atoms with Gasteiger partial charge in [-0.2, -0.15) is 9.64 Å². The molecule has 0 fully saturated rings. The molecular formula is C11H6BrClN2OS. The molecule has 0 spiro atoms. The number of benzene rings is 1. The summed E-state index contributed by atoms with van der Waals surface area (Å²) in [6.07, 6.45) is 0. The van der Waals surface area contributed by atoms with Gasteiger partial charge < -0.3 is 4.74 Å². The second-order valence-corrected chi connectivity index (χ2v) is 5.23. The fraction of sp³-hybridized carbons (Fsp3) is 0.0909. The van der Waals surface area contributed by atoms with Crippen LogP contribution in [0.2, 0.25) is 5.15 Å². The van der Waals surface area contributed by atoms with Crippen LogP contribution in [0, 0.1) is 18.3 Å². The van der Waals surface area contributed by atoms with Crippen LogP contribution in [0.25, 0.3) is 0 Å². The van der Waals surface area contributed by atoms with E-state index < -0.39 is 0 Å². The molecule has 0 aliphatic rings. The van der Waals surface area contributed by atoms with E-state index in [1.807, 2.05) is 31.2 Å². The predicted octanol–water partition coefficient (Wildman–Crippen LogP) is 4.53. The summed E-state index contributed by atoms with van der Waals surface area (Å²) in [5, 5.41) is 9.50. The molecule has 2 aromatic rings. The van der Waals surface area contributed by atoms with Crippen LogP contribution < -0.4 is 4.74 Å². The van der Waals surface area contributed by atoms with Crippen molar-refractivity contribution in [1.82, 2.24) is 4.37 Å². The van der Waals surface area contributed by atoms with Gasteiger partial charge in [-0.05, 0) is 40.5 Å². The van der Waals surface area contributed by atoms with E-state index in [1.165, 1.54) is 0 Å². The van der Waals surface area contributed by atoms with Crippen molar-refractivity contribution in [3.8, 4) is 16.9 Å². The molecule has 0 saturated heterocycles. The smallest absolute Gasteiger partial charge is 0.219 e. The number of aryl methyl sites for hydroxylation is 1. The first-order chi connectivity index (χ1) is 8.11. The highest BCUT2D eigenvalue weighted by molar-refractivity contribution is 9.10. The lowest BCUT2D eigenvalue weighted by atomic mass is 10.2. The molecule has 6 heteroatoms. The van der Waals surface area contributed by atoms with E-state index in [1.54, 1.807) is 0 Å². The molecule has 0 amide bonds. The topological polar surface area (TPSA) is 45.9 Å². The predicted molar refractivity (Wildman–Crippen MR) is 70.8 cm³/mol. The second-order valence-electron chi connectivity index (χ2n) is 3.28. The molecule has 1 heterocycles. The second kappa shape index (κ2) is 5.05. The SMILES string of the molecule is Cc1ccc(Oc2snc(Cl)c2C#N)c(Br)c1. The molecule has 17 heavy (non-hydrogen) atoms. The molecule has 0 radical (unpaired) electrons. The average Bonchev–Trinajstić information content (AvgIpc) is 2.63. The van der Waals surface area contributed by atoms with Gasteiger partial charge in [0.25, 0.3) is 0 Å². The number of nitrogens with zero attached hydrogens (tertiary/aromatic N) is 2. The summed E-state index contributed by atoms with van der Waals surface area (Å²) in [5.74, 6) is 0.632. The third-order valence-electron chi connectivity index (χ3n) is 2.02. The number of ether oxygens (including phenoxy) is 1. The third kappa shape index (κ3) is 2.60. The molecule has 86 valence electrons. The van der Waals surface area contributed by atoms with E-state index in [4.69, 9.17) is 21.6 Å². The summed E-state index contributed by atoms with van der Waals surface area (Å²) in [4.78, 5) is 0. The first-order valence-corrected chi connectivity index (χ1v) is 6.55. The average molecular weight is 330 g/mol. The number of nitriles is 1. The molecule has 3 nitrogen and oxygen atoms in total. The van der Waals surface area contributed by atoms with E-state index >= 15 is 0 Å². The quantitative estimate of drug-likeness (QED) is 0.813. The number of rotatable bonds is 2. The van der Waals surface area contributed by atoms with Crippen LogP contribution >= 0.6 is 39.1 Å². The first kappa shape index (κ1) is 12.4. The van der Waals surface area contributed by atoms with E-state index in [0.717, 1.165) is 21.6 Å². The molecule has 2 rings (SSSR count). The number of halogens is 2. The Morgan fingerprint density at radius 3 is 2.94 bits per heavy atom. The Balaban J connectivity index is 2.35. The Kier molecular flexibility index (Phi) is 3.67. The Morgan fingerprint density at radius 2 is 2.29 bits per heavy atom. The van der Waals surface area contributed by atoms with Crippen LogP contribution in [-0.4, -0.2) is 4.37 Å². The van der Waals surface area contributed by atoms with Gasteiger partial charge >= 0.3 is 0 Å². The minimum absolute atomic E-state index is 0.177. The molecule has 0 atom stereocenters. The zero-order valence-corrected chi connectivity index (χ0v) is 11.9. The Bertz CT molecular complexity index is 606. The van der Waals surface area contributed by atoms with Gasteiger partial charge in [-0.1, -0.05) is 17.7 Å². The van der Waals surface area contributed by atoms with E-state index in [2.05, 4.69) is 20.3 Å². The molecule has 1 aromatic heterocycles. The van der Waals surface area contributed by atoms with E-state index in [9.17, 15) is 0 Å². The van der Waals surface area contributed by atoms with Gasteiger partial charge in [0.1, 0.15) is 17.4 Å². The van der Waals surface area contributed by atoms with Crippen molar-refractivity contribution in [3.05, 3.63) is 39.0 Å². The normalized spacial score (nSPS) is 10.0. The first-order valence-electron chi connectivity index (χ1n) is 4.61. The van der Waals surface area contributed by atoms with Gasteiger partial charge in [-0.3, -0.25) is 0 Å². The highest BCUT2D eigenvalue weighted by Crippen LogP contribution is 2.36. The van der Waals surface area contributed by atoms with E-state index in [0.29, 0.717) is 10.8 Å². The monoisotopic (exact) mass is 328 g/mol. The van der Waals surface area contributed by atoms with Gasteiger partial charge in [-0.15, -0.1) is 0 Å². The minimum atomic E-state index is 0.177. The minimum Gasteiger partial charge on any atom is -0.442 e. The summed E-state index contributed by atoms with van der Waals surface area (Å²) >= 11 is 10.2. The van der Waals surface area contributed by atoms with Crippen LogP contribution in [0.1, 0.15) is 11.1 Å². The molecule has 1 aromatic carbocycles. The Hall–Kier alpha value is -1.09. The summed E-state index contributed by atoms with van der Waals surface area (Å²) in [7, 11) is 0. The maximum Gasteiger partial charge on any atom is 0.219 e. The highest BCUT2D eigenvalue weighted by Gasteiger charge is 2.14. The van der Waals surface area contributed by atoms with Crippen LogP contribution in [0.15, 0.2) is 22.7 Å². The van der Waals surface area contributed by atoms with Crippen LogP contribution in [-0.2, 0) is 0 Å². The lowest BCUT2D eigenvalue weighted by molar-refractivity contribution is 0.492. The molecule has 0 N–H and O–H groups in total. The van der Waals surface area contributed by atoms with Gasteiger partial charge in [0, 0.05) is 11.5 Å². The molecule has 0 aliphatic carbocycles. The molecule has 0 bridgehead atoms. The summed E-state index contributed by atoms with van der Waals surface area (Å²) < 4.78 is 10.3.